The second-order valence-electron chi connectivity index (χ2n) is 5.69. The molecule has 1 aliphatic rings. The zero-order valence-electron chi connectivity index (χ0n) is 11.2. The average Bonchev–Trinajstić information content (AvgIpc) is 2.16. The van der Waals surface area contributed by atoms with Crippen LogP contribution in [-0.4, -0.2) is 18.5 Å². The third kappa shape index (κ3) is 4.25. The normalized spacial score (nSPS) is 30.7. The number of ketones is 1. The van der Waals surface area contributed by atoms with Crippen LogP contribution in [-0.2, 0) is 9.53 Å². The van der Waals surface area contributed by atoms with Crippen LogP contribution in [0.15, 0.2) is 0 Å². The van der Waals surface area contributed by atoms with Crippen molar-refractivity contribution in [2.75, 3.05) is 6.61 Å². The Bertz CT molecular complexity index is 223. The summed E-state index contributed by atoms with van der Waals surface area (Å²) in [5.74, 6) is 2.38. The molecule has 0 N–H and O–H groups in total. The Morgan fingerprint density at radius 1 is 1.38 bits per heavy atom. The predicted molar refractivity (Wildman–Crippen MR) is 66.4 cm³/mol. The van der Waals surface area contributed by atoms with Crippen LogP contribution in [0.5, 0.6) is 0 Å². The molecular formula is C14H26O2. The highest BCUT2D eigenvalue weighted by Gasteiger charge is 2.31. The molecule has 1 aliphatic carbocycles. The quantitative estimate of drug-likeness (QED) is 0.717. The van der Waals surface area contributed by atoms with Crippen molar-refractivity contribution in [2.45, 2.75) is 59.5 Å². The largest absolute Gasteiger partial charge is 0.377 e. The fourth-order valence-electron chi connectivity index (χ4n) is 2.66. The fourth-order valence-corrected chi connectivity index (χ4v) is 2.66. The minimum Gasteiger partial charge on any atom is -0.377 e. The summed E-state index contributed by atoms with van der Waals surface area (Å²) in [5, 5.41) is 0. The van der Waals surface area contributed by atoms with Crippen molar-refractivity contribution in [1.29, 1.82) is 0 Å². The van der Waals surface area contributed by atoms with Gasteiger partial charge >= 0.3 is 0 Å². The number of carbonyl (C=O) groups is 1. The van der Waals surface area contributed by atoms with E-state index in [0.29, 0.717) is 31.0 Å². The molecule has 2 nitrogen and oxygen atoms in total. The lowest BCUT2D eigenvalue weighted by Gasteiger charge is -2.37. The zero-order chi connectivity index (χ0) is 12.1. The Morgan fingerprint density at radius 2 is 2.06 bits per heavy atom. The van der Waals surface area contributed by atoms with Gasteiger partial charge in [-0.15, -0.1) is 0 Å². The summed E-state index contributed by atoms with van der Waals surface area (Å²) in [7, 11) is 0. The van der Waals surface area contributed by atoms with E-state index in [0.717, 1.165) is 5.92 Å². The molecule has 3 atom stereocenters. The van der Waals surface area contributed by atoms with E-state index in [-0.39, 0.29) is 5.78 Å². The molecule has 0 spiro atoms. The molecule has 0 bridgehead atoms. The van der Waals surface area contributed by atoms with Gasteiger partial charge in [-0.05, 0) is 37.5 Å². The standard InChI is InChI=1S/C14H26O2/c1-10(2)13-6-5-11(3)9-14(13)16-8-7-12(4)15/h10-11,13-14H,5-9H2,1-4H3. The second kappa shape index (κ2) is 6.39. The first-order valence-corrected chi connectivity index (χ1v) is 6.61. The van der Waals surface area contributed by atoms with Crippen molar-refractivity contribution in [3.8, 4) is 0 Å². The molecule has 0 radical (unpaired) electrons. The van der Waals surface area contributed by atoms with Gasteiger partial charge in [-0.2, -0.15) is 0 Å². The molecule has 0 aromatic heterocycles. The Hall–Kier alpha value is -0.370. The summed E-state index contributed by atoms with van der Waals surface area (Å²) in [5.41, 5.74) is 0. The summed E-state index contributed by atoms with van der Waals surface area (Å²) >= 11 is 0. The topological polar surface area (TPSA) is 26.3 Å². The minimum atomic E-state index is 0.227. The highest BCUT2D eigenvalue weighted by molar-refractivity contribution is 5.75. The Balaban J connectivity index is 2.41. The van der Waals surface area contributed by atoms with Crippen LogP contribution in [0.1, 0.15) is 53.4 Å². The van der Waals surface area contributed by atoms with E-state index in [1.54, 1.807) is 6.92 Å². The maximum absolute atomic E-state index is 10.9. The monoisotopic (exact) mass is 226 g/mol. The van der Waals surface area contributed by atoms with Crippen LogP contribution in [0.3, 0.4) is 0 Å². The Labute approximate surface area is 99.8 Å². The maximum atomic E-state index is 10.9. The predicted octanol–water partition coefficient (Wildman–Crippen LogP) is 3.44. The van der Waals surface area contributed by atoms with Crippen molar-refractivity contribution in [2.24, 2.45) is 17.8 Å². The van der Waals surface area contributed by atoms with Gasteiger partial charge in [-0.25, -0.2) is 0 Å². The van der Waals surface area contributed by atoms with E-state index in [1.165, 1.54) is 19.3 Å². The molecule has 94 valence electrons. The molecule has 0 aromatic carbocycles. The summed E-state index contributed by atoms with van der Waals surface area (Å²) in [6.07, 6.45) is 4.72. The lowest BCUT2D eigenvalue weighted by atomic mass is 9.75. The summed E-state index contributed by atoms with van der Waals surface area (Å²) < 4.78 is 5.92. The van der Waals surface area contributed by atoms with Crippen molar-refractivity contribution in [3.63, 3.8) is 0 Å². The van der Waals surface area contributed by atoms with Crippen LogP contribution < -0.4 is 0 Å². The van der Waals surface area contributed by atoms with Crippen molar-refractivity contribution < 1.29 is 9.53 Å². The molecule has 16 heavy (non-hydrogen) atoms. The molecule has 0 aliphatic heterocycles. The van der Waals surface area contributed by atoms with Crippen LogP contribution in [0.2, 0.25) is 0 Å². The number of carbonyl (C=O) groups excluding carboxylic acids is 1. The van der Waals surface area contributed by atoms with E-state index in [2.05, 4.69) is 20.8 Å². The molecule has 3 unspecified atom stereocenters. The molecule has 1 saturated carbocycles. The van der Waals surface area contributed by atoms with Crippen molar-refractivity contribution >= 4 is 5.78 Å². The van der Waals surface area contributed by atoms with E-state index >= 15 is 0 Å². The number of hydrogen-bond acceptors (Lipinski definition) is 2. The van der Waals surface area contributed by atoms with Gasteiger partial charge in [0.25, 0.3) is 0 Å². The average molecular weight is 226 g/mol. The Morgan fingerprint density at radius 3 is 2.62 bits per heavy atom. The van der Waals surface area contributed by atoms with Gasteiger partial charge in [0.1, 0.15) is 5.78 Å². The van der Waals surface area contributed by atoms with Gasteiger partial charge in [0.2, 0.25) is 0 Å². The molecule has 1 fully saturated rings. The summed E-state index contributed by atoms with van der Waals surface area (Å²) in [4.78, 5) is 10.9. The maximum Gasteiger partial charge on any atom is 0.132 e. The van der Waals surface area contributed by atoms with Gasteiger partial charge in [0.15, 0.2) is 0 Å². The smallest absolute Gasteiger partial charge is 0.132 e. The Kier molecular flexibility index (Phi) is 5.47. The van der Waals surface area contributed by atoms with E-state index in [4.69, 9.17) is 4.74 Å². The molecular weight excluding hydrogens is 200 g/mol. The summed E-state index contributed by atoms with van der Waals surface area (Å²) in [6.45, 7) is 9.10. The minimum absolute atomic E-state index is 0.227. The first kappa shape index (κ1) is 13.7. The molecule has 0 amide bonds. The first-order chi connectivity index (χ1) is 7.50. The van der Waals surface area contributed by atoms with E-state index in [1.807, 2.05) is 0 Å². The third-order valence-electron chi connectivity index (χ3n) is 3.75. The van der Waals surface area contributed by atoms with E-state index < -0.39 is 0 Å². The summed E-state index contributed by atoms with van der Waals surface area (Å²) in [6, 6.07) is 0. The number of ether oxygens (including phenoxy) is 1. The van der Waals surface area contributed by atoms with Gasteiger partial charge in [-0.3, -0.25) is 4.79 Å². The van der Waals surface area contributed by atoms with Gasteiger partial charge in [0.05, 0.1) is 12.7 Å². The zero-order valence-corrected chi connectivity index (χ0v) is 11.2. The van der Waals surface area contributed by atoms with Gasteiger partial charge in [0, 0.05) is 6.42 Å². The van der Waals surface area contributed by atoms with Crippen LogP contribution in [0.25, 0.3) is 0 Å². The van der Waals surface area contributed by atoms with Crippen LogP contribution in [0, 0.1) is 17.8 Å². The number of Topliss-reactive ketones (excluding diaryl/α,β-unsaturated/α-hetero) is 1. The lowest BCUT2D eigenvalue weighted by Crippen LogP contribution is -2.34. The highest BCUT2D eigenvalue weighted by atomic mass is 16.5. The SMILES string of the molecule is CC(=O)CCOC1CC(C)CCC1C(C)C. The van der Waals surface area contributed by atoms with Crippen LogP contribution in [0.4, 0.5) is 0 Å². The molecule has 0 saturated heterocycles. The molecule has 0 aromatic rings. The molecule has 1 rings (SSSR count). The molecule has 0 heterocycles. The number of rotatable bonds is 5. The molecule has 2 heteroatoms. The third-order valence-corrected chi connectivity index (χ3v) is 3.75. The first-order valence-electron chi connectivity index (χ1n) is 6.61. The second-order valence-corrected chi connectivity index (χ2v) is 5.69. The lowest BCUT2D eigenvalue weighted by molar-refractivity contribution is -0.119. The van der Waals surface area contributed by atoms with Gasteiger partial charge in [-0.1, -0.05) is 27.2 Å². The van der Waals surface area contributed by atoms with Gasteiger partial charge < -0.3 is 4.74 Å². The van der Waals surface area contributed by atoms with Crippen molar-refractivity contribution in [1.82, 2.24) is 0 Å². The fraction of sp³-hybridized carbons (Fsp3) is 0.929. The van der Waals surface area contributed by atoms with Crippen LogP contribution >= 0.6 is 0 Å². The van der Waals surface area contributed by atoms with E-state index in [9.17, 15) is 4.79 Å². The number of hydrogen-bond donors (Lipinski definition) is 0. The highest BCUT2D eigenvalue weighted by Crippen LogP contribution is 2.35. The van der Waals surface area contributed by atoms with Crippen molar-refractivity contribution in [3.05, 3.63) is 0 Å².